The number of aliphatic imine (C=N–C) groups is 1. The summed E-state index contributed by atoms with van der Waals surface area (Å²) in [4.78, 5) is 4.47. The molecule has 0 spiro atoms. The number of amidine groups is 1. The summed E-state index contributed by atoms with van der Waals surface area (Å²) in [6.45, 7) is 6.06. The maximum absolute atomic E-state index is 13.0. The molecule has 0 radical (unpaired) electrons. The lowest BCUT2D eigenvalue weighted by Gasteiger charge is -2.17. The smallest absolute Gasteiger partial charge is 0.182 e. The SMILES string of the molecule is Cc1cc(C2=NNC(=Nc3ccc(F)cc3)SC2)c(C)n1C[C@@H]1CCCO1. The average molecular weight is 386 g/mol. The Morgan fingerprint density at radius 2 is 2.15 bits per heavy atom. The predicted molar refractivity (Wildman–Crippen MR) is 109 cm³/mol. The van der Waals surface area contributed by atoms with Gasteiger partial charge in [-0.25, -0.2) is 9.38 Å². The molecule has 1 aromatic heterocycles. The molecular formula is C20H23FN4OS. The number of benzene rings is 1. The summed E-state index contributed by atoms with van der Waals surface area (Å²) in [7, 11) is 0. The van der Waals surface area contributed by atoms with Crippen LogP contribution < -0.4 is 5.43 Å². The lowest BCUT2D eigenvalue weighted by Crippen LogP contribution is -2.25. The summed E-state index contributed by atoms with van der Waals surface area (Å²) >= 11 is 1.60. The maximum atomic E-state index is 13.0. The van der Waals surface area contributed by atoms with Gasteiger partial charge in [0, 0.05) is 35.9 Å². The second-order valence-corrected chi connectivity index (χ2v) is 7.85. The molecule has 142 valence electrons. The lowest BCUT2D eigenvalue weighted by atomic mass is 10.1. The van der Waals surface area contributed by atoms with E-state index in [4.69, 9.17) is 4.74 Å². The number of nitrogens with one attached hydrogen (secondary N) is 1. The molecule has 27 heavy (non-hydrogen) atoms. The van der Waals surface area contributed by atoms with Gasteiger partial charge in [0.05, 0.1) is 17.5 Å². The summed E-state index contributed by atoms with van der Waals surface area (Å²) in [6, 6.07) is 8.33. The van der Waals surface area contributed by atoms with Gasteiger partial charge in [-0.2, -0.15) is 5.10 Å². The van der Waals surface area contributed by atoms with E-state index >= 15 is 0 Å². The minimum atomic E-state index is -0.262. The molecule has 2 aromatic rings. The predicted octanol–water partition coefficient (Wildman–Crippen LogP) is 4.15. The van der Waals surface area contributed by atoms with Crippen LogP contribution in [0.5, 0.6) is 0 Å². The van der Waals surface area contributed by atoms with Crippen LogP contribution in [0, 0.1) is 19.7 Å². The molecule has 0 saturated carbocycles. The zero-order chi connectivity index (χ0) is 18.8. The Bertz CT molecular complexity index is 882. The number of hydrazone groups is 1. The second kappa shape index (κ2) is 7.86. The molecule has 0 unspecified atom stereocenters. The molecule has 2 aliphatic rings. The van der Waals surface area contributed by atoms with Gasteiger partial charge in [-0.3, -0.25) is 5.43 Å². The van der Waals surface area contributed by atoms with Gasteiger partial charge in [0.25, 0.3) is 0 Å². The summed E-state index contributed by atoms with van der Waals surface area (Å²) in [6.07, 6.45) is 2.60. The highest BCUT2D eigenvalue weighted by atomic mass is 32.2. The third kappa shape index (κ3) is 4.09. The van der Waals surface area contributed by atoms with E-state index in [9.17, 15) is 4.39 Å². The van der Waals surface area contributed by atoms with Crippen molar-refractivity contribution in [3.8, 4) is 0 Å². The van der Waals surface area contributed by atoms with Crippen molar-refractivity contribution in [1.82, 2.24) is 9.99 Å². The van der Waals surface area contributed by atoms with Crippen LogP contribution >= 0.6 is 11.8 Å². The molecule has 1 saturated heterocycles. The van der Waals surface area contributed by atoms with E-state index in [1.165, 1.54) is 29.1 Å². The Morgan fingerprint density at radius 1 is 1.33 bits per heavy atom. The van der Waals surface area contributed by atoms with Crippen molar-refractivity contribution < 1.29 is 9.13 Å². The normalized spacial score (nSPS) is 21.4. The van der Waals surface area contributed by atoms with Crippen LogP contribution in [0.2, 0.25) is 0 Å². The molecule has 2 aliphatic heterocycles. The number of thioether (sulfide) groups is 1. The summed E-state index contributed by atoms with van der Waals surface area (Å²) in [5.74, 6) is 0.485. The number of rotatable bonds is 4. The molecule has 3 heterocycles. The van der Waals surface area contributed by atoms with Crippen LogP contribution in [0.3, 0.4) is 0 Å². The standard InChI is InChI=1S/C20H23FN4OS/c1-13-10-18(14(2)25(13)11-17-4-3-9-26-17)19-12-27-20(24-23-19)22-16-7-5-15(21)6-8-16/h5-8,10,17H,3-4,9,11-12H2,1-2H3,(H,22,24)/t17-/m0/s1. The maximum Gasteiger partial charge on any atom is 0.182 e. The van der Waals surface area contributed by atoms with Gasteiger partial charge < -0.3 is 9.30 Å². The van der Waals surface area contributed by atoms with Gasteiger partial charge in [-0.15, -0.1) is 0 Å². The van der Waals surface area contributed by atoms with Gasteiger partial charge in [-0.05, 0) is 57.0 Å². The Balaban J connectivity index is 1.49. The third-order valence-electron chi connectivity index (χ3n) is 4.98. The number of hydrogen-bond donors (Lipinski definition) is 1. The van der Waals surface area contributed by atoms with Crippen molar-refractivity contribution in [3.05, 3.63) is 53.1 Å². The fraction of sp³-hybridized carbons (Fsp3) is 0.400. The zero-order valence-electron chi connectivity index (χ0n) is 15.5. The number of aryl methyl sites for hydroxylation is 1. The minimum Gasteiger partial charge on any atom is -0.376 e. The van der Waals surface area contributed by atoms with E-state index in [-0.39, 0.29) is 5.82 Å². The average Bonchev–Trinajstić information content (AvgIpc) is 3.28. The molecule has 1 aromatic carbocycles. The first-order valence-corrected chi connectivity index (χ1v) is 10.2. The van der Waals surface area contributed by atoms with Gasteiger partial charge in [0.15, 0.2) is 5.17 Å². The molecular weight excluding hydrogens is 363 g/mol. The van der Waals surface area contributed by atoms with Crippen molar-refractivity contribution in [2.45, 2.75) is 39.3 Å². The van der Waals surface area contributed by atoms with Crippen LogP contribution in [-0.4, -0.2) is 33.9 Å². The Morgan fingerprint density at radius 3 is 2.81 bits per heavy atom. The fourth-order valence-electron chi connectivity index (χ4n) is 3.51. The van der Waals surface area contributed by atoms with Crippen molar-refractivity contribution in [2.75, 3.05) is 12.4 Å². The molecule has 5 nitrogen and oxygen atoms in total. The molecule has 0 bridgehead atoms. The van der Waals surface area contributed by atoms with Crippen LogP contribution in [-0.2, 0) is 11.3 Å². The van der Waals surface area contributed by atoms with Crippen LogP contribution in [0.25, 0.3) is 0 Å². The molecule has 4 rings (SSSR count). The quantitative estimate of drug-likeness (QED) is 0.859. The van der Waals surface area contributed by atoms with E-state index < -0.39 is 0 Å². The Hall–Kier alpha value is -2.12. The van der Waals surface area contributed by atoms with Crippen LogP contribution in [0.1, 0.15) is 29.8 Å². The van der Waals surface area contributed by atoms with Crippen molar-refractivity contribution in [3.63, 3.8) is 0 Å². The molecule has 0 amide bonds. The zero-order valence-corrected chi connectivity index (χ0v) is 16.4. The van der Waals surface area contributed by atoms with Gasteiger partial charge in [0.2, 0.25) is 0 Å². The van der Waals surface area contributed by atoms with Gasteiger partial charge >= 0.3 is 0 Å². The molecule has 7 heteroatoms. The number of ether oxygens (including phenoxy) is 1. The van der Waals surface area contributed by atoms with Crippen molar-refractivity contribution >= 4 is 28.3 Å². The highest BCUT2D eigenvalue weighted by molar-refractivity contribution is 8.14. The number of halogens is 1. The van der Waals surface area contributed by atoms with E-state index in [0.717, 1.165) is 42.6 Å². The molecule has 0 aliphatic carbocycles. The van der Waals surface area contributed by atoms with Crippen molar-refractivity contribution in [2.24, 2.45) is 10.1 Å². The van der Waals surface area contributed by atoms with E-state index in [1.807, 2.05) is 0 Å². The first kappa shape index (κ1) is 18.3. The van der Waals surface area contributed by atoms with Gasteiger partial charge in [0.1, 0.15) is 5.82 Å². The van der Waals surface area contributed by atoms with Crippen molar-refractivity contribution in [1.29, 1.82) is 0 Å². The summed E-state index contributed by atoms with van der Waals surface area (Å²) < 4.78 is 21.1. The van der Waals surface area contributed by atoms with E-state index in [0.29, 0.717) is 11.8 Å². The molecule has 1 N–H and O–H groups in total. The largest absolute Gasteiger partial charge is 0.376 e. The van der Waals surface area contributed by atoms with Gasteiger partial charge in [-0.1, -0.05) is 11.8 Å². The fourth-order valence-corrected chi connectivity index (χ4v) is 4.28. The second-order valence-electron chi connectivity index (χ2n) is 6.88. The number of aromatic nitrogens is 1. The Labute approximate surface area is 162 Å². The summed E-state index contributed by atoms with van der Waals surface area (Å²) in [5, 5.41) is 5.26. The summed E-state index contributed by atoms with van der Waals surface area (Å²) in [5.41, 5.74) is 8.39. The van der Waals surface area contributed by atoms with E-state index in [1.54, 1.807) is 23.9 Å². The lowest BCUT2D eigenvalue weighted by molar-refractivity contribution is 0.0962. The third-order valence-corrected chi connectivity index (χ3v) is 5.86. The highest BCUT2D eigenvalue weighted by Crippen LogP contribution is 2.24. The van der Waals surface area contributed by atoms with Crippen LogP contribution in [0.4, 0.5) is 10.1 Å². The first-order valence-electron chi connectivity index (χ1n) is 9.18. The number of nitrogens with zero attached hydrogens (tertiary/aromatic N) is 3. The van der Waals surface area contributed by atoms with E-state index in [2.05, 4.69) is 40.0 Å². The highest BCUT2D eigenvalue weighted by Gasteiger charge is 2.22. The van der Waals surface area contributed by atoms with Crippen LogP contribution in [0.15, 0.2) is 40.4 Å². The topological polar surface area (TPSA) is 50.9 Å². The minimum absolute atomic E-state index is 0.262. The first-order chi connectivity index (χ1) is 13.1. The molecule has 1 fully saturated rings. The Kier molecular flexibility index (Phi) is 5.31. The molecule has 1 atom stereocenters. The monoisotopic (exact) mass is 386 g/mol. The number of hydrogen-bond acceptors (Lipinski definition) is 4.